The number of alkyl halides is 3. The number of amides is 1. The predicted molar refractivity (Wildman–Crippen MR) is 158 cm³/mol. The maximum atomic E-state index is 13.1. The van der Waals surface area contributed by atoms with E-state index >= 15 is 0 Å². The summed E-state index contributed by atoms with van der Waals surface area (Å²) in [4.78, 5) is 26.9. The van der Waals surface area contributed by atoms with Crippen molar-refractivity contribution in [1.29, 1.82) is 0 Å². The highest BCUT2D eigenvalue weighted by atomic mass is 19.4. The molecule has 5 rings (SSSR count). The van der Waals surface area contributed by atoms with Crippen molar-refractivity contribution in [2.45, 2.75) is 13.1 Å². The van der Waals surface area contributed by atoms with Gasteiger partial charge in [0.15, 0.2) is 11.6 Å². The number of methoxy groups -OCH3 is 2. The Morgan fingerprint density at radius 3 is 1.86 bits per heavy atom. The van der Waals surface area contributed by atoms with E-state index in [9.17, 15) is 18.0 Å². The first-order chi connectivity index (χ1) is 20.6. The van der Waals surface area contributed by atoms with E-state index in [1.165, 1.54) is 12.1 Å². The fourth-order valence-electron chi connectivity index (χ4n) is 4.17. The van der Waals surface area contributed by atoms with Crippen LogP contribution in [0.2, 0.25) is 0 Å². The Kier molecular flexibility index (Phi) is 8.24. The van der Waals surface area contributed by atoms with Gasteiger partial charge in [-0.15, -0.1) is 0 Å². The standard InChI is InChI=1S/C32H26F3N5O3/c1-19-7-8-22(30(41)36-24-6-4-5-23(18-24)32(33,34)35)17-27(19)37-31-39-28(20-9-13-25(42-2)14-10-20)38-29(40-31)21-11-15-26(43-3)16-12-21/h4-18H,1-3H3,(H,36,41)(H,37,38,39,40). The number of hydrogen-bond acceptors (Lipinski definition) is 7. The summed E-state index contributed by atoms with van der Waals surface area (Å²) in [5, 5.41) is 5.72. The largest absolute Gasteiger partial charge is 0.497 e. The second-order valence-corrected chi connectivity index (χ2v) is 9.45. The molecule has 0 aliphatic heterocycles. The Bertz CT molecular complexity index is 1690. The summed E-state index contributed by atoms with van der Waals surface area (Å²) < 4.78 is 49.9. The van der Waals surface area contributed by atoms with Crippen LogP contribution < -0.4 is 20.1 Å². The lowest BCUT2D eigenvalue weighted by molar-refractivity contribution is -0.137. The number of hydrogen-bond donors (Lipinski definition) is 2. The molecule has 0 spiro atoms. The number of aryl methyl sites for hydroxylation is 1. The number of nitrogens with one attached hydrogen (secondary N) is 2. The van der Waals surface area contributed by atoms with Gasteiger partial charge in [-0.1, -0.05) is 12.1 Å². The van der Waals surface area contributed by atoms with Crippen LogP contribution in [0.4, 0.5) is 30.5 Å². The van der Waals surface area contributed by atoms with Gasteiger partial charge in [0.2, 0.25) is 5.95 Å². The quantitative estimate of drug-likeness (QED) is 0.194. The van der Waals surface area contributed by atoms with Crippen LogP contribution in [0.3, 0.4) is 0 Å². The van der Waals surface area contributed by atoms with Crippen LogP contribution in [0.1, 0.15) is 21.5 Å². The molecule has 1 amide bonds. The van der Waals surface area contributed by atoms with Crippen molar-refractivity contribution in [1.82, 2.24) is 15.0 Å². The van der Waals surface area contributed by atoms with E-state index in [2.05, 4.69) is 25.6 Å². The molecule has 0 aliphatic rings. The average molecular weight is 586 g/mol. The molecule has 11 heteroatoms. The summed E-state index contributed by atoms with van der Waals surface area (Å²) in [6, 6.07) is 23.9. The maximum Gasteiger partial charge on any atom is 0.416 e. The molecule has 1 heterocycles. The van der Waals surface area contributed by atoms with Crippen LogP contribution in [-0.2, 0) is 6.18 Å². The lowest BCUT2D eigenvalue weighted by Gasteiger charge is -2.13. The fraction of sp³-hybridized carbons (Fsp3) is 0.125. The summed E-state index contributed by atoms with van der Waals surface area (Å²) in [5.41, 5.74) is 2.17. The molecule has 0 saturated carbocycles. The number of ether oxygens (including phenoxy) is 2. The molecule has 0 saturated heterocycles. The first-order valence-corrected chi connectivity index (χ1v) is 13.0. The van der Waals surface area contributed by atoms with E-state index in [-0.39, 0.29) is 17.2 Å². The molecule has 0 radical (unpaired) electrons. The molecular formula is C32H26F3N5O3. The van der Waals surface area contributed by atoms with Gasteiger partial charge in [0.05, 0.1) is 19.8 Å². The predicted octanol–water partition coefficient (Wildman–Crippen LogP) is 7.55. The third kappa shape index (κ3) is 6.89. The van der Waals surface area contributed by atoms with Crippen molar-refractivity contribution in [2.75, 3.05) is 24.9 Å². The van der Waals surface area contributed by atoms with Gasteiger partial charge in [0.1, 0.15) is 11.5 Å². The number of carbonyl (C=O) groups is 1. The smallest absolute Gasteiger partial charge is 0.416 e. The Hall–Kier alpha value is -5.45. The molecule has 2 N–H and O–H groups in total. The third-order valence-corrected chi connectivity index (χ3v) is 6.53. The summed E-state index contributed by atoms with van der Waals surface area (Å²) >= 11 is 0. The van der Waals surface area contributed by atoms with Crippen LogP contribution in [-0.4, -0.2) is 35.1 Å². The highest BCUT2D eigenvalue weighted by Gasteiger charge is 2.30. The number of anilines is 3. The van der Waals surface area contributed by atoms with E-state index in [1.54, 1.807) is 56.7 Å². The number of benzene rings is 4. The highest BCUT2D eigenvalue weighted by molar-refractivity contribution is 6.05. The normalized spacial score (nSPS) is 11.1. The minimum absolute atomic E-state index is 0.0284. The van der Waals surface area contributed by atoms with Gasteiger partial charge in [-0.3, -0.25) is 4.79 Å². The molecule has 218 valence electrons. The van der Waals surface area contributed by atoms with Crippen molar-refractivity contribution < 1.29 is 27.4 Å². The zero-order valence-corrected chi connectivity index (χ0v) is 23.4. The van der Waals surface area contributed by atoms with E-state index in [0.717, 1.165) is 28.8 Å². The van der Waals surface area contributed by atoms with Gasteiger partial charge in [0, 0.05) is 28.1 Å². The van der Waals surface area contributed by atoms with Gasteiger partial charge < -0.3 is 20.1 Å². The Morgan fingerprint density at radius 2 is 1.33 bits per heavy atom. The first kappa shape index (κ1) is 29.1. The summed E-state index contributed by atoms with van der Waals surface area (Å²) in [6.45, 7) is 1.84. The molecule has 0 bridgehead atoms. The van der Waals surface area contributed by atoms with Crippen molar-refractivity contribution in [3.8, 4) is 34.3 Å². The second-order valence-electron chi connectivity index (χ2n) is 9.45. The molecule has 0 unspecified atom stereocenters. The molecule has 1 aromatic heterocycles. The molecule has 8 nitrogen and oxygen atoms in total. The Labute approximate surface area is 245 Å². The third-order valence-electron chi connectivity index (χ3n) is 6.53. The highest BCUT2D eigenvalue weighted by Crippen LogP contribution is 2.31. The van der Waals surface area contributed by atoms with Crippen LogP contribution >= 0.6 is 0 Å². The number of rotatable bonds is 8. The van der Waals surface area contributed by atoms with Gasteiger partial charge in [-0.05, 0) is 91.3 Å². The van der Waals surface area contributed by atoms with Gasteiger partial charge >= 0.3 is 6.18 Å². The number of halogens is 3. The van der Waals surface area contributed by atoms with Gasteiger partial charge in [-0.25, -0.2) is 4.98 Å². The van der Waals surface area contributed by atoms with Crippen molar-refractivity contribution in [3.63, 3.8) is 0 Å². The molecule has 5 aromatic rings. The first-order valence-electron chi connectivity index (χ1n) is 13.0. The van der Waals surface area contributed by atoms with E-state index < -0.39 is 17.6 Å². The average Bonchev–Trinajstić information content (AvgIpc) is 3.01. The van der Waals surface area contributed by atoms with Crippen LogP contribution in [0.15, 0.2) is 91.0 Å². The summed E-state index contributed by atoms with van der Waals surface area (Å²) in [7, 11) is 3.16. The summed E-state index contributed by atoms with van der Waals surface area (Å²) in [6.07, 6.45) is -4.53. The van der Waals surface area contributed by atoms with Crippen LogP contribution in [0.5, 0.6) is 11.5 Å². The van der Waals surface area contributed by atoms with E-state index in [1.807, 2.05) is 31.2 Å². The minimum atomic E-state index is -4.53. The monoisotopic (exact) mass is 585 g/mol. The zero-order chi connectivity index (χ0) is 30.6. The van der Waals surface area contributed by atoms with E-state index in [0.29, 0.717) is 28.8 Å². The minimum Gasteiger partial charge on any atom is -0.497 e. The number of nitrogens with zero attached hydrogens (tertiary/aromatic N) is 3. The topological polar surface area (TPSA) is 98.3 Å². The van der Waals surface area contributed by atoms with Gasteiger partial charge in [0.25, 0.3) is 5.91 Å². The fourth-order valence-corrected chi connectivity index (χ4v) is 4.17. The SMILES string of the molecule is COc1ccc(-c2nc(Nc3cc(C(=O)Nc4cccc(C(F)(F)F)c4)ccc3C)nc(-c3ccc(OC)cc3)n2)cc1. The Balaban J connectivity index is 1.47. The molecule has 4 aromatic carbocycles. The lowest BCUT2D eigenvalue weighted by Crippen LogP contribution is -2.14. The molecule has 0 fully saturated rings. The maximum absolute atomic E-state index is 13.1. The molecular weight excluding hydrogens is 559 g/mol. The van der Waals surface area contributed by atoms with Crippen molar-refractivity contribution >= 4 is 23.2 Å². The lowest BCUT2D eigenvalue weighted by atomic mass is 10.1. The van der Waals surface area contributed by atoms with E-state index in [4.69, 9.17) is 9.47 Å². The summed E-state index contributed by atoms with van der Waals surface area (Å²) in [5.74, 6) is 1.83. The Morgan fingerprint density at radius 1 is 0.744 bits per heavy atom. The van der Waals surface area contributed by atoms with Crippen LogP contribution in [0, 0.1) is 6.92 Å². The second kappa shape index (κ2) is 12.2. The molecule has 0 atom stereocenters. The van der Waals surface area contributed by atoms with Gasteiger partial charge in [-0.2, -0.15) is 23.1 Å². The molecule has 43 heavy (non-hydrogen) atoms. The number of aromatic nitrogens is 3. The number of carbonyl (C=O) groups excluding carboxylic acids is 1. The molecule has 0 aliphatic carbocycles. The van der Waals surface area contributed by atoms with Crippen molar-refractivity contribution in [2.24, 2.45) is 0 Å². The zero-order valence-electron chi connectivity index (χ0n) is 23.4. The van der Waals surface area contributed by atoms with Crippen molar-refractivity contribution in [3.05, 3.63) is 108 Å². The van der Waals surface area contributed by atoms with Crippen LogP contribution in [0.25, 0.3) is 22.8 Å².